The molecule has 4 nitrogen and oxygen atoms in total. The monoisotopic (exact) mass is 319 g/mol. The van der Waals surface area contributed by atoms with E-state index in [-0.39, 0.29) is 18.1 Å². The summed E-state index contributed by atoms with van der Waals surface area (Å²) in [6, 6.07) is 6.14. The number of nitrogens with zero attached hydrogens (tertiary/aromatic N) is 1. The average molecular weight is 319 g/mol. The van der Waals surface area contributed by atoms with Crippen LogP contribution in [-0.2, 0) is 16.1 Å². The smallest absolute Gasteiger partial charge is 0.310 e. The Morgan fingerprint density at radius 1 is 1.22 bits per heavy atom. The predicted molar refractivity (Wildman–Crippen MR) is 83.1 cm³/mol. The van der Waals surface area contributed by atoms with Crippen LogP contribution in [0.2, 0.25) is 0 Å². The third kappa shape index (κ3) is 3.71. The van der Waals surface area contributed by atoms with Gasteiger partial charge in [0, 0.05) is 19.5 Å². The zero-order valence-electron chi connectivity index (χ0n) is 13.1. The second kappa shape index (κ2) is 6.30. The average Bonchev–Trinajstić information content (AvgIpc) is 3.28. The minimum absolute atomic E-state index is 0.0796. The van der Waals surface area contributed by atoms with Crippen molar-refractivity contribution in [3.63, 3.8) is 0 Å². The molecule has 124 valence electrons. The first kappa shape index (κ1) is 16.0. The van der Waals surface area contributed by atoms with Crippen molar-refractivity contribution in [2.45, 2.75) is 45.1 Å². The molecule has 0 aromatic heterocycles. The van der Waals surface area contributed by atoms with Gasteiger partial charge in [-0.05, 0) is 49.3 Å². The van der Waals surface area contributed by atoms with Crippen LogP contribution >= 0.6 is 0 Å². The maximum Gasteiger partial charge on any atom is 0.310 e. The lowest BCUT2D eigenvalue weighted by Gasteiger charge is -2.38. The molecule has 3 rings (SSSR count). The van der Waals surface area contributed by atoms with E-state index >= 15 is 0 Å². The summed E-state index contributed by atoms with van der Waals surface area (Å²) in [6.45, 7) is 1.09. The number of benzene rings is 1. The number of aliphatic carboxylic acids is 1. The Hall–Kier alpha value is -1.91. The third-order valence-electron chi connectivity index (χ3n) is 5.07. The van der Waals surface area contributed by atoms with Gasteiger partial charge in [-0.15, -0.1) is 0 Å². The summed E-state index contributed by atoms with van der Waals surface area (Å²) in [4.78, 5) is 25.9. The number of hydrogen-bond donors (Lipinski definition) is 1. The lowest BCUT2D eigenvalue weighted by Crippen LogP contribution is -2.44. The zero-order valence-corrected chi connectivity index (χ0v) is 13.1. The SMILES string of the molecule is O=C(CC1(C(=O)O)CCC1)N(Cc1ccc(F)cc1)CC1CC1. The highest BCUT2D eigenvalue weighted by Crippen LogP contribution is 2.45. The summed E-state index contributed by atoms with van der Waals surface area (Å²) < 4.78 is 13.0. The normalized spacial score (nSPS) is 19.0. The quantitative estimate of drug-likeness (QED) is 0.839. The molecular formula is C18H22FNO3. The van der Waals surface area contributed by atoms with E-state index in [9.17, 15) is 19.1 Å². The molecule has 2 aliphatic carbocycles. The lowest BCUT2D eigenvalue weighted by atomic mass is 9.66. The van der Waals surface area contributed by atoms with Gasteiger partial charge in [-0.1, -0.05) is 18.6 Å². The highest BCUT2D eigenvalue weighted by molar-refractivity contribution is 5.85. The fraction of sp³-hybridized carbons (Fsp3) is 0.556. The molecule has 1 aromatic carbocycles. The fourth-order valence-electron chi connectivity index (χ4n) is 3.15. The summed E-state index contributed by atoms with van der Waals surface area (Å²) >= 11 is 0. The summed E-state index contributed by atoms with van der Waals surface area (Å²) in [5.41, 5.74) is 0.0141. The Morgan fingerprint density at radius 2 is 1.87 bits per heavy atom. The number of rotatable bonds is 7. The Labute approximate surface area is 135 Å². The highest BCUT2D eigenvalue weighted by atomic mass is 19.1. The summed E-state index contributed by atoms with van der Waals surface area (Å²) in [7, 11) is 0. The van der Waals surface area contributed by atoms with Gasteiger partial charge in [-0.3, -0.25) is 9.59 Å². The predicted octanol–water partition coefficient (Wildman–Crippen LogP) is 3.21. The summed E-state index contributed by atoms with van der Waals surface area (Å²) in [5, 5.41) is 9.42. The van der Waals surface area contributed by atoms with E-state index in [1.807, 2.05) is 0 Å². The van der Waals surface area contributed by atoms with Gasteiger partial charge in [0.15, 0.2) is 0 Å². The largest absolute Gasteiger partial charge is 0.481 e. The number of carboxylic acid groups (broad SMARTS) is 1. The van der Waals surface area contributed by atoms with Gasteiger partial charge in [0.1, 0.15) is 5.82 Å². The molecule has 0 atom stereocenters. The maximum atomic E-state index is 13.0. The van der Waals surface area contributed by atoms with E-state index in [1.54, 1.807) is 17.0 Å². The molecule has 0 saturated heterocycles. The molecule has 0 spiro atoms. The van der Waals surface area contributed by atoms with Crippen LogP contribution in [-0.4, -0.2) is 28.4 Å². The number of halogens is 1. The molecular weight excluding hydrogens is 297 g/mol. The van der Waals surface area contributed by atoms with E-state index in [2.05, 4.69) is 0 Å². The van der Waals surface area contributed by atoms with Crippen molar-refractivity contribution < 1.29 is 19.1 Å². The number of carbonyl (C=O) groups excluding carboxylic acids is 1. The number of hydrogen-bond acceptors (Lipinski definition) is 2. The van der Waals surface area contributed by atoms with Crippen molar-refractivity contribution in [2.75, 3.05) is 6.54 Å². The molecule has 1 N–H and O–H groups in total. The summed E-state index contributed by atoms with van der Waals surface area (Å²) in [6.07, 6.45) is 4.37. The molecule has 0 bridgehead atoms. The highest BCUT2D eigenvalue weighted by Gasteiger charge is 2.46. The van der Waals surface area contributed by atoms with Crippen molar-refractivity contribution in [3.8, 4) is 0 Å². The van der Waals surface area contributed by atoms with Crippen molar-refractivity contribution >= 4 is 11.9 Å². The fourth-order valence-corrected chi connectivity index (χ4v) is 3.15. The summed E-state index contributed by atoms with van der Waals surface area (Å²) in [5.74, 6) is -0.719. The molecule has 23 heavy (non-hydrogen) atoms. The van der Waals surface area contributed by atoms with Crippen LogP contribution < -0.4 is 0 Å². The van der Waals surface area contributed by atoms with Gasteiger partial charge in [0.05, 0.1) is 5.41 Å². The Balaban J connectivity index is 1.68. The first-order chi connectivity index (χ1) is 11.0. The van der Waals surface area contributed by atoms with E-state index < -0.39 is 11.4 Å². The first-order valence-corrected chi connectivity index (χ1v) is 8.24. The van der Waals surface area contributed by atoms with Crippen LogP contribution in [0.15, 0.2) is 24.3 Å². The second-order valence-electron chi connectivity index (χ2n) is 6.96. The van der Waals surface area contributed by atoms with Gasteiger partial charge in [-0.25, -0.2) is 4.39 Å². The Morgan fingerprint density at radius 3 is 2.35 bits per heavy atom. The molecule has 2 fully saturated rings. The minimum Gasteiger partial charge on any atom is -0.481 e. The Kier molecular flexibility index (Phi) is 4.37. The number of carboxylic acids is 1. The lowest BCUT2D eigenvalue weighted by molar-refractivity contribution is -0.159. The molecule has 2 saturated carbocycles. The van der Waals surface area contributed by atoms with Crippen LogP contribution in [0.5, 0.6) is 0 Å². The van der Waals surface area contributed by atoms with Crippen molar-refractivity contribution in [2.24, 2.45) is 11.3 Å². The van der Waals surface area contributed by atoms with Crippen molar-refractivity contribution in [1.82, 2.24) is 4.90 Å². The van der Waals surface area contributed by atoms with Gasteiger partial charge < -0.3 is 10.0 Å². The molecule has 2 aliphatic rings. The van der Waals surface area contributed by atoms with Gasteiger partial charge in [0.25, 0.3) is 0 Å². The van der Waals surface area contributed by atoms with Gasteiger partial charge in [0.2, 0.25) is 5.91 Å². The van der Waals surface area contributed by atoms with E-state index in [0.717, 1.165) is 24.8 Å². The van der Waals surface area contributed by atoms with Crippen molar-refractivity contribution in [3.05, 3.63) is 35.6 Å². The van der Waals surface area contributed by atoms with E-state index in [0.29, 0.717) is 31.8 Å². The molecule has 0 radical (unpaired) electrons. The van der Waals surface area contributed by atoms with Gasteiger partial charge >= 0.3 is 5.97 Å². The van der Waals surface area contributed by atoms with Crippen LogP contribution in [0.4, 0.5) is 4.39 Å². The van der Waals surface area contributed by atoms with Crippen LogP contribution in [0, 0.1) is 17.2 Å². The number of amides is 1. The van der Waals surface area contributed by atoms with Crippen molar-refractivity contribution in [1.29, 1.82) is 0 Å². The molecule has 1 aromatic rings. The second-order valence-corrected chi connectivity index (χ2v) is 6.96. The molecule has 0 aliphatic heterocycles. The zero-order chi connectivity index (χ0) is 16.4. The van der Waals surface area contributed by atoms with Crippen LogP contribution in [0.25, 0.3) is 0 Å². The standard InChI is InChI=1S/C18H22FNO3/c19-15-6-4-14(5-7-15)12-20(11-13-2-3-13)16(21)10-18(17(22)23)8-1-9-18/h4-7,13H,1-3,8-12H2,(H,22,23). The number of carbonyl (C=O) groups is 2. The maximum absolute atomic E-state index is 13.0. The Bertz CT molecular complexity index is 591. The molecule has 0 unspecified atom stereocenters. The first-order valence-electron chi connectivity index (χ1n) is 8.24. The molecule has 0 heterocycles. The van der Waals surface area contributed by atoms with E-state index in [1.165, 1.54) is 12.1 Å². The van der Waals surface area contributed by atoms with Crippen LogP contribution in [0.1, 0.15) is 44.1 Å². The topological polar surface area (TPSA) is 57.6 Å². The molecule has 5 heteroatoms. The van der Waals surface area contributed by atoms with Crippen LogP contribution in [0.3, 0.4) is 0 Å². The molecule has 1 amide bonds. The minimum atomic E-state index is -0.859. The third-order valence-corrected chi connectivity index (χ3v) is 5.07. The van der Waals surface area contributed by atoms with E-state index in [4.69, 9.17) is 0 Å². The van der Waals surface area contributed by atoms with Gasteiger partial charge in [-0.2, -0.15) is 0 Å².